The van der Waals surface area contributed by atoms with Crippen LogP contribution in [-0.4, -0.2) is 35.6 Å². The van der Waals surface area contributed by atoms with Gasteiger partial charge in [0, 0.05) is 6.07 Å². The van der Waals surface area contributed by atoms with Crippen LogP contribution >= 0.6 is 0 Å². The number of carboxylic acids is 1. The summed E-state index contributed by atoms with van der Waals surface area (Å²) in [7, 11) is 0. The molecule has 7 nitrogen and oxygen atoms in total. The standard InChI is InChI=1S/C14H13NO6/c16-14(17)11-5-9(21-15-11)6-18-7-10-8-19-12-3-1-2-4-13(12)20-10/h1-5,10H,6-8H2,(H,16,17). The van der Waals surface area contributed by atoms with Crippen LogP contribution in [0.3, 0.4) is 0 Å². The zero-order valence-electron chi connectivity index (χ0n) is 11.0. The first kappa shape index (κ1) is 13.4. The molecule has 0 saturated heterocycles. The van der Waals surface area contributed by atoms with Crippen LogP contribution in [0.2, 0.25) is 0 Å². The van der Waals surface area contributed by atoms with E-state index in [1.165, 1.54) is 6.07 Å². The van der Waals surface area contributed by atoms with Gasteiger partial charge in [0.15, 0.2) is 29.1 Å². The lowest BCUT2D eigenvalue weighted by Crippen LogP contribution is -2.33. The summed E-state index contributed by atoms with van der Waals surface area (Å²) < 4.78 is 21.6. The predicted octanol–water partition coefficient (Wildman–Crippen LogP) is 1.73. The van der Waals surface area contributed by atoms with Crippen molar-refractivity contribution < 1.29 is 28.6 Å². The fraction of sp³-hybridized carbons (Fsp3) is 0.286. The summed E-state index contributed by atoms with van der Waals surface area (Å²) in [5, 5.41) is 12.1. The second-order valence-electron chi connectivity index (χ2n) is 4.50. The van der Waals surface area contributed by atoms with E-state index in [1.807, 2.05) is 24.3 Å². The lowest BCUT2D eigenvalue weighted by Gasteiger charge is -2.26. The van der Waals surface area contributed by atoms with Crippen molar-refractivity contribution in [3.8, 4) is 11.5 Å². The molecule has 110 valence electrons. The molecule has 0 bridgehead atoms. The third-order valence-electron chi connectivity index (χ3n) is 2.89. The second-order valence-corrected chi connectivity index (χ2v) is 4.50. The molecule has 1 aromatic carbocycles. The van der Waals surface area contributed by atoms with Crippen LogP contribution in [0.15, 0.2) is 34.9 Å². The van der Waals surface area contributed by atoms with E-state index < -0.39 is 5.97 Å². The number of hydrogen-bond donors (Lipinski definition) is 1. The Hall–Kier alpha value is -2.54. The first-order valence-corrected chi connectivity index (χ1v) is 6.37. The summed E-state index contributed by atoms with van der Waals surface area (Å²) in [5.74, 6) is 0.621. The Morgan fingerprint density at radius 2 is 2.19 bits per heavy atom. The molecule has 0 aliphatic carbocycles. The summed E-state index contributed by atoms with van der Waals surface area (Å²) in [4.78, 5) is 10.7. The highest BCUT2D eigenvalue weighted by Gasteiger charge is 2.21. The normalized spacial score (nSPS) is 16.7. The molecule has 0 fully saturated rings. The maximum absolute atomic E-state index is 10.7. The quantitative estimate of drug-likeness (QED) is 0.896. The van der Waals surface area contributed by atoms with Gasteiger partial charge in [-0.1, -0.05) is 17.3 Å². The number of benzene rings is 1. The van der Waals surface area contributed by atoms with E-state index in [0.29, 0.717) is 24.7 Å². The van der Waals surface area contributed by atoms with Crippen LogP contribution in [0, 0.1) is 0 Å². The van der Waals surface area contributed by atoms with E-state index in [-0.39, 0.29) is 18.4 Å². The Morgan fingerprint density at radius 3 is 2.95 bits per heavy atom. The molecule has 3 rings (SSSR count). The molecule has 1 unspecified atom stereocenters. The van der Waals surface area contributed by atoms with E-state index in [1.54, 1.807) is 0 Å². The molecule has 1 N–H and O–H groups in total. The molecule has 0 spiro atoms. The zero-order chi connectivity index (χ0) is 14.7. The summed E-state index contributed by atoms with van der Waals surface area (Å²) in [6, 6.07) is 8.75. The number of carbonyl (C=O) groups is 1. The van der Waals surface area contributed by atoms with Crippen LogP contribution in [-0.2, 0) is 11.3 Å². The molecule has 0 saturated carbocycles. The highest BCUT2D eigenvalue weighted by molar-refractivity contribution is 5.85. The summed E-state index contributed by atoms with van der Waals surface area (Å²) in [6.45, 7) is 0.826. The van der Waals surface area contributed by atoms with Crippen molar-refractivity contribution in [3.63, 3.8) is 0 Å². The van der Waals surface area contributed by atoms with Crippen molar-refractivity contribution in [1.82, 2.24) is 5.16 Å². The van der Waals surface area contributed by atoms with E-state index >= 15 is 0 Å². The van der Waals surface area contributed by atoms with Gasteiger partial charge in [-0.15, -0.1) is 0 Å². The maximum Gasteiger partial charge on any atom is 0.358 e. The fourth-order valence-electron chi connectivity index (χ4n) is 1.92. The van der Waals surface area contributed by atoms with Crippen molar-refractivity contribution in [2.24, 2.45) is 0 Å². The Labute approximate surface area is 120 Å². The van der Waals surface area contributed by atoms with Crippen LogP contribution < -0.4 is 9.47 Å². The average Bonchev–Trinajstić information content (AvgIpc) is 2.96. The number of aromatic nitrogens is 1. The SMILES string of the molecule is O=C(O)c1cc(COCC2COc3ccccc3O2)on1. The number of carboxylic acid groups (broad SMARTS) is 1. The van der Waals surface area contributed by atoms with E-state index in [2.05, 4.69) is 5.16 Å². The molecule has 2 heterocycles. The van der Waals surface area contributed by atoms with Crippen molar-refractivity contribution in [3.05, 3.63) is 41.8 Å². The minimum Gasteiger partial charge on any atom is -0.486 e. The molecule has 0 radical (unpaired) electrons. The van der Waals surface area contributed by atoms with Crippen molar-refractivity contribution in [2.75, 3.05) is 13.2 Å². The molecule has 21 heavy (non-hydrogen) atoms. The smallest absolute Gasteiger partial charge is 0.358 e. The first-order chi connectivity index (χ1) is 10.2. The monoisotopic (exact) mass is 291 g/mol. The summed E-state index contributed by atoms with van der Waals surface area (Å²) in [5.41, 5.74) is -0.139. The number of rotatable bonds is 5. The van der Waals surface area contributed by atoms with Crippen LogP contribution in [0.1, 0.15) is 16.2 Å². The maximum atomic E-state index is 10.7. The Kier molecular flexibility index (Phi) is 3.74. The van der Waals surface area contributed by atoms with Gasteiger partial charge in [0.1, 0.15) is 13.2 Å². The van der Waals surface area contributed by atoms with Crippen molar-refractivity contribution >= 4 is 5.97 Å². The molecule has 1 atom stereocenters. The number of aromatic carboxylic acids is 1. The zero-order valence-corrected chi connectivity index (χ0v) is 11.0. The third kappa shape index (κ3) is 3.14. The molecule has 1 aliphatic heterocycles. The fourth-order valence-corrected chi connectivity index (χ4v) is 1.92. The topological polar surface area (TPSA) is 91.0 Å². The molecular weight excluding hydrogens is 278 g/mol. The van der Waals surface area contributed by atoms with E-state index in [0.717, 1.165) is 5.75 Å². The minimum absolute atomic E-state index is 0.127. The highest BCUT2D eigenvalue weighted by Crippen LogP contribution is 2.30. The van der Waals surface area contributed by atoms with Gasteiger partial charge < -0.3 is 23.8 Å². The number of nitrogens with zero attached hydrogens (tertiary/aromatic N) is 1. The number of para-hydroxylation sites is 2. The lowest BCUT2D eigenvalue weighted by atomic mass is 10.3. The number of hydrogen-bond acceptors (Lipinski definition) is 6. The molecule has 0 amide bonds. The van der Waals surface area contributed by atoms with Gasteiger partial charge >= 0.3 is 5.97 Å². The molecule has 2 aromatic rings. The first-order valence-electron chi connectivity index (χ1n) is 6.37. The van der Waals surface area contributed by atoms with Crippen LogP contribution in [0.5, 0.6) is 11.5 Å². The van der Waals surface area contributed by atoms with Gasteiger partial charge in [0.2, 0.25) is 0 Å². The molecule has 1 aromatic heterocycles. The Balaban J connectivity index is 1.49. The minimum atomic E-state index is -1.13. The lowest BCUT2D eigenvalue weighted by molar-refractivity contribution is -0.00265. The highest BCUT2D eigenvalue weighted by atomic mass is 16.6. The van der Waals surface area contributed by atoms with E-state index in [4.69, 9.17) is 23.8 Å². The summed E-state index contributed by atoms with van der Waals surface area (Å²) in [6.07, 6.45) is -0.221. The Morgan fingerprint density at radius 1 is 1.38 bits per heavy atom. The molecule has 7 heteroatoms. The van der Waals surface area contributed by atoms with Gasteiger partial charge in [-0.05, 0) is 12.1 Å². The van der Waals surface area contributed by atoms with Crippen molar-refractivity contribution in [1.29, 1.82) is 0 Å². The van der Waals surface area contributed by atoms with Crippen molar-refractivity contribution in [2.45, 2.75) is 12.7 Å². The second kappa shape index (κ2) is 5.84. The van der Waals surface area contributed by atoms with E-state index in [9.17, 15) is 4.79 Å². The van der Waals surface area contributed by atoms with Crippen LogP contribution in [0.4, 0.5) is 0 Å². The van der Waals surface area contributed by atoms with Gasteiger partial charge in [0.05, 0.1) is 6.61 Å². The van der Waals surface area contributed by atoms with Gasteiger partial charge in [-0.2, -0.15) is 0 Å². The van der Waals surface area contributed by atoms with Gasteiger partial charge in [-0.25, -0.2) is 4.79 Å². The number of fused-ring (bicyclic) bond motifs is 1. The predicted molar refractivity (Wildman–Crippen MR) is 69.5 cm³/mol. The van der Waals surface area contributed by atoms with Crippen LogP contribution in [0.25, 0.3) is 0 Å². The largest absolute Gasteiger partial charge is 0.486 e. The van der Waals surface area contributed by atoms with Gasteiger partial charge in [-0.3, -0.25) is 0 Å². The van der Waals surface area contributed by atoms with Gasteiger partial charge in [0.25, 0.3) is 0 Å². The average molecular weight is 291 g/mol. The molecule has 1 aliphatic rings. The third-order valence-corrected chi connectivity index (χ3v) is 2.89. The summed E-state index contributed by atoms with van der Waals surface area (Å²) >= 11 is 0. The number of ether oxygens (including phenoxy) is 3. The molecular formula is C14H13NO6. The Bertz CT molecular complexity index is 638.